The SMILES string of the molecule is CCC(C)NC(=O)C(CC1CCCCC1)N=C(N)NC(=O)Cc1ccc(OC)c(OC)c1. The minimum absolute atomic E-state index is 0.0319. The number of nitrogens with zero attached hydrogens (tertiary/aromatic N) is 1. The fourth-order valence-electron chi connectivity index (χ4n) is 3.96. The molecule has 2 atom stereocenters. The third-order valence-electron chi connectivity index (χ3n) is 5.96. The average Bonchev–Trinajstić information content (AvgIpc) is 2.78. The molecule has 0 radical (unpaired) electrons. The molecule has 0 heterocycles. The highest BCUT2D eigenvalue weighted by atomic mass is 16.5. The summed E-state index contributed by atoms with van der Waals surface area (Å²) in [4.78, 5) is 29.7. The van der Waals surface area contributed by atoms with Gasteiger partial charge in [-0.1, -0.05) is 45.1 Å². The number of rotatable bonds is 10. The number of amides is 2. The predicted molar refractivity (Wildman–Crippen MR) is 126 cm³/mol. The highest BCUT2D eigenvalue weighted by molar-refractivity contribution is 5.98. The number of guanidine groups is 1. The number of hydrogen-bond donors (Lipinski definition) is 3. The smallest absolute Gasteiger partial charge is 0.245 e. The number of nitrogens with one attached hydrogen (secondary N) is 2. The fraction of sp³-hybridized carbons (Fsp3) is 0.625. The standard InChI is InChI=1S/C24H38N4O4/c1-5-16(2)26-23(30)19(13-17-9-7-6-8-10-17)27-24(25)28-22(29)15-18-11-12-20(31-3)21(14-18)32-4/h11-12,14,16-17,19H,5-10,13,15H2,1-4H3,(H,26,30)(H3,25,27,28,29). The molecular weight excluding hydrogens is 408 g/mol. The van der Waals surface area contributed by atoms with Crippen molar-refractivity contribution in [1.82, 2.24) is 10.6 Å². The van der Waals surface area contributed by atoms with E-state index in [1.165, 1.54) is 19.3 Å². The van der Waals surface area contributed by atoms with E-state index >= 15 is 0 Å². The van der Waals surface area contributed by atoms with Gasteiger partial charge in [0.1, 0.15) is 6.04 Å². The normalized spacial score (nSPS) is 16.7. The van der Waals surface area contributed by atoms with E-state index in [1.54, 1.807) is 32.4 Å². The van der Waals surface area contributed by atoms with Gasteiger partial charge in [-0.05, 0) is 43.4 Å². The van der Waals surface area contributed by atoms with Crippen LogP contribution in [0.25, 0.3) is 0 Å². The van der Waals surface area contributed by atoms with Crippen LogP contribution < -0.4 is 25.8 Å². The lowest BCUT2D eigenvalue weighted by atomic mass is 9.84. The zero-order valence-electron chi connectivity index (χ0n) is 19.8. The highest BCUT2D eigenvalue weighted by Crippen LogP contribution is 2.29. The van der Waals surface area contributed by atoms with E-state index in [1.807, 2.05) is 13.8 Å². The van der Waals surface area contributed by atoms with Gasteiger partial charge in [0.25, 0.3) is 0 Å². The van der Waals surface area contributed by atoms with Crippen molar-refractivity contribution in [2.24, 2.45) is 16.6 Å². The van der Waals surface area contributed by atoms with E-state index in [-0.39, 0.29) is 30.2 Å². The molecule has 0 bridgehead atoms. The molecule has 32 heavy (non-hydrogen) atoms. The summed E-state index contributed by atoms with van der Waals surface area (Å²) in [7, 11) is 3.10. The van der Waals surface area contributed by atoms with E-state index in [0.717, 1.165) is 24.8 Å². The van der Waals surface area contributed by atoms with Crippen molar-refractivity contribution in [3.05, 3.63) is 23.8 Å². The topological polar surface area (TPSA) is 115 Å². The molecule has 2 rings (SSSR count). The Morgan fingerprint density at radius 2 is 1.84 bits per heavy atom. The molecule has 0 saturated heterocycles. The zero-order chi connectivity index (χ0) is 23.5. The molecule has 1 aliphatic carbocycles. The molecule has 1 aromatic carbocycles. The van der Waals surface area contributed by atoms with E-state index in [2.05, 4.69) is 15.6 Å². The molecule has 2 unspecified atom stereocenters. The molecular formula is C24H38N4O4. The largest absolute Gasteiger partial charge is 0.493 e. The van der Waals surface area contributed by atoms with Crippen LogP contribution in [-0.4, -0.2) is 44.1 Å². The van der Waals surface area contributed by atoms with Gasteiger partial charge in [-0.25, -0.2) is 4.99 Å². The molecule has 1 aromatic rings. The first-order valence-corrected chi connectivity index (χ1v) is 11.5. The molecule has 8 nitrogen and oxygen atoms in total. The second-order valence-corrected chi connectivity index (χ2v) is 8.50. The molecule has 1 saturated carbocycles. The maximum absolute atomic E-state index is 12.8. The number of hydrogen-bond acceptors (Lipinski definition) is 5. The van der Waals surface area contributed by atoms with Crippen molar-refractivity contribution < 1.29 is 19.1 Å². The van der Waals surface area contributed by atoms with E-state index < -0.39 is 6.04 Å². The Labute approximate surface area is 191 Å². The van der Waals surface area contributed by atoms with Crippen LogP contribution in [0.1, 0.15) is 64.4 Å². The first-order chi connectivity index (χ1) is 15.4. The minimum Gasteiger partial charge on any atom is -0.493 e. The van der Waals surface area contributed by atoms with Crippen LogP contribution in [0, 0.1) is 5.92 Å². The van der Waals surface area contributed by atoms with E-state index in [4.69, 9.17) is 15.2 Å². The first kappa shape index (κ1) is 25.5. The van der Waals surface area contributed by atoms with Gasteiger partial charge in [0.05, 0.1) is 20.6 Å². The van der Waals surface area contributed by atoms with Gasteiger partial charge in [-0.2, -0.15) is 0 Å². The summed E-state index contributed by atoms with van der Waals surface area (Å²) in [6.45, 7) is 3.99. The lowest BCUT2D eigenvalue weighted by Crippen LogP contribution is -2.44. The molecule has 0 aliphatic heterocycles. The Bertz CT molecular complexity index is 790. The summed E-state index contributed by atoms with van der Waals surface area (Å²) in [6, 6.07) is 4.75. The van der Waals surface area contributed by atoms with Crippen molar-refractivity contribution in [3.8, 4) is 11.5 Å². The van der Waals surface area contributed by atoms with Gasteiger partial charge in [-0.3, -0.25) is 14.9 Å². The van der Waals surface area contributed by atoms with Gasteiger partial charge < -0.3 is 20.5 Å². The van der Waals surface area contributed by atoms with Crippen molar-refractivity contribution >= 4 is 17.8 Å². The third kappa shape index (κ3) is 8.05. The Morgan fingerprint density at radius 1 is 1.16 bits per heavy atom. The van der Waals surface area contributed by atoms with Gasteiger partial charge >= 0.3 is 0 Å². The second-order valence-electron chi connectivity index (χ2n) is 8.50. The Hall–Kier alpha value is -2.77. The van der Waals surface area contributed by atoms with Crippen LogP contribution in [0.5, 0.6) is 11.5 Å². The fourth-order valence-corrected chi connectivity index (χ4v) is 3.96. The summed E-state index contributed by atoms with van der Waals surface area (Å²) >= 11 is 0. The van der Waals surface area contributed by atoms with Crippen molar-refractivity contribution in [3.63, 3.8) is 0 Å². The molecule has 1 fully saturated rings. The Kier molecular flexibility index (Phi) is 10.3. The minimum atomic E-state index is -0.603. The summed E-state index contributed by atoms with van der Waals surface area (Å²) in [5, 5.41) is 5.62. The van der Waals surface area contributed by atoms with Crippen LogP contribution in [0.3, 0.4) is 0 Å². The molecule has 0 aromatic heterocycles. The lowest BCUT2D eigenvalue weighted by molar-refractivity contribution is -0.123. The molecule has 178 valence electrons. The molecule has 2 amide bonds. The van der Waals surface area contributed by atoms with Crippen LogP contribution >= 0.6 is 0 Å². The molecule has 4 N–H and O–H groups in total. The highest BCUT2D eigenvalue weighted by Gasteiger charge is 2.25. The molecule has 0 spiro atoms. The second kappa shape index (κ2) is 12.9. The Morgan fingerprint density at radius 3 is 2.47 bits per heavy atom. The summed E-state index contributed by atoms with van der Waals surface area (Å²) in [5.41, 5.74) is 6.78. The van der Waals surface area contributed by atoms with Gasteiger partial charge in [0.2, 0.25) is 11.8 Å². The van der Waals surface area contributed by atoms with Crippen LogP contribution in [0.4, 0.5) is 0 Å². The lowest BCUT2D eigenvalue weighted by Gasteiger charge is -2.25. The van der Waals surface area contributed by atoms with Crippen LogP contribution in [0.15, 0.2) is 23.2 Å². The van der Waals surface area contributed by atoms with E-state index in [9.17, 15) is 9.59 Å². The molecule has 8 heteroatoms. The number of nitrogens with two attached hydrogens (primary N) is 1. The average molecular weight is 447 g/mol. The first-order valence-electron chi connectivity index (χ1n) is 11.5. The maximum Gasteiger partial charge on any atom is 0.245 e. The van der Waals surface area contributed by atoms with Gasteiger partial charge in [0, 0.05) is 6.04 Å². The van der Waals surface area contributed by atoms with Crippen LogP contribution in [0.2, 0.25) is 0 Å². The number of carbonyl (C=O) groups is 2. The van der Waals surface area contributed by atoms with Crippen molar-refractivity contribution in [1.29, 1.82) is 0 Å². The number of aliphatic imine (C=N–C) groups is 1. The third-order valence-corrected chi connectivity index (χ3v) is 5.96. The zero-order valence-corrected chi connectivity index (χ0v) is 19.8. The molecule has 1 aliphatic rings. The van der Waals surface area contributed by atoms with Gasteiger partial charge in [0.15, 0.2) is 17.5 Å². The van der Waals surface area contributed by atoms with Crippen LogP contribution in [-0.2, 0) is 16.0 Å². The summed E-state index contributed by atoms with van der Waals surface area (Å²) < 4.78 is 10.5. The summed E-state index contributed by atoms with van der Waals surface area (Å²) in [6.07, 6.45) is 7.41. The Balaban J connectivity index is 2.04. The van der Waals surface area contributed by atoms with Crippen molar-refractivity contribution in [2.75, 3.05) is 14.2 Å². The van der Waals surface area contributed by atoms with Crippen molar-refractivity contribution in [2.45, 2.75) is 77.3 Å². The predicted octanol–water partition coefficient (Wildman–Crippen LogP) is 2.93. The van der Waals surface area contributed by atoms with Gasteiger partial charge in [-0.15, -0.1) is 0 Å². The number of ether oxygens (including phenoxy) is 2. The van der Waals surface area contributed by atoms with E-state index in [0.29, 0.717) is 23.8 Å². The summed E-state index contributed by atoms with van der Waals surface area (Å²) in [5.74, 6) is 1.12. The number of methoxy groups -OCH3 is 2. The number of benzene rings is 1. The maximum atomic E-state index is 12.8. The quantitative estimate of drug-likeness (QED) is 0.378. The number of carbonyl (C=O) groups excluding carboxylic acids is 2. The monoisotopic (exact) mass is 446 g/mol.